The van der Waals surface area contributed by atoms with E-state index >= 15 is 0 Å². The number of hydrogen-bond donors (Lipinski definition) is 0. The summed E-state index contributed by atoms with van der Waals surface area (Å²) in [6.45, 7) is 1.19. The van der Waals surface area contributed by atoms with Gasteiger partial charge in [-0.15, -0.1) is 0 Å². The van der Waals surface area contributed by atoms with Gasteiger partial charge in [0.15, 0.2) is 0 Å². The summed E-state index contributed by atoms with van der Waals surface area (Å²) in [6.07, 6.45) is 9.75. The van der Waals surface area contributed by atoms with Crippen LogP contribution in [0, 0.1) is 5.92 Å². The van der Waals surface area contributed by atoms with Crippen LogP contribution in [0.15, 0.2) is 24.8 Å². The molecule has 0 radical (unpaired) electrons. The van der Waals surface area contributed by atoms with Crippen LogP contribution in [0.25, 0.3) is 5.52 Å². The van der Waals surface area contributed by atoms with E-state index in [-0.39, 0.29) is 0 Å². The highest BCUT2D eigenvalue weighted by Gasteiger charge is 2.38. The van der Waals surface area contributed by atoms with Crippen LogP contribution < -0.4 is 4.90 Å². The van der Waals surface area contributed by atoms with Gasteiger partial charge in [-0.2, -0.15) is 0 Å². The lowest BCUT2D eigenvalue weighted by molar-refractivity contribution is 0.554. The highest BCUT2D eigenvalue weighted by molar-refractivity contribution is 6.30. The van der Waals surface area contributed by atoms with Crippen molar-refractivity contribution >= 4 is 22.8 Å². The van der Waals surface area contributed by atoms with E-state index in [1.54, 1.807) is 0 Å². The molecule has 1 saturated heterocycles. The Morgan fingerprint density at radius 1 is 1.35 bits per heavy atom. The van der Waals surface area contributed by atoms with Gasteiger partial charge in [0.25, 0.3) is 0 Å². The fourth-order valence-corrected chi connectivity index (χ4v) is 3.64. The smallest absolute Gasteiger partial charge is 0.0993 e. The van der Waals surface area contributed by atoms with Crippen molar-refractivity contribution < 1.29 is 0 Å². The minimum absolute atomic E-state index is 0.720. The lowest BCUT2D eigenvalue weighted by atomic mass is 10.1. The highest BCUT2D eigenvalue weighted by Crippen LogP contribution is 2.41. The molecule has 4 rings (SSSR count). The Bertz CT molecular complexity index is 577. The zero-order valence-electron chi connectivity index (χ0n) is 9.51. The molecule has 1 saturated carbocycles. The summed E-state index contributed by atoms with van der Waals surface area (Å²) in [5.74, 6) is 0.891. The summed E-state index contributed by atoms with van der Waals surface area (Å²) in [5, 5.41) is 0.785. The van der Waals surface area contributed by atoms with Crippen LogP contribution in [0.2, 0.25) is 5.02 Å². The molecule has 88 valence electrons. The zero-order valence-corrected chi connectivity index (χ0v) is 10.3. The number of fused-ring (bicyclic) bond motifs is 3. The van der Waals surface area contributed by atoms with E-state index in [0.717, 1.165) is 17.0 Å². The van der Waals surface area contributed by atoms with E-state index in [1.165, 1.54) is 37.0 Å². The van der Waals surface area contributed by atoms with Crippen molar-refractivity contribution in [3.8, 4) is 0 Å². The summed E-state index contributed by atoms with van der Waals surface area (Å²) in [6, 6.07) is 2.80. The van der Waals surface area contributed by atoms with E-state index in [4.69, 9.17) is 11.6 Å². The van der Waals surface area contributed by atoms with Gasteiger partial charge in [-0.25, -0.2) is 4.98 Å². The molecule has 4 heteroatoms. The molecule has 3 nitrogen and oxygen atoms in total. The van der Waals surface area contributed by atoms with Crippen LogP contribution in [0.1, 0.15) is 19.3 Å². The van der Waals surface area contributed by atoms with Gasteiger partial charge in [-0.1, -0.05) is 11.6 Å². The molecule has 0 aromatic carbocycles. The molecule has 2 atom stereocenters. The van der Waals surface area contributed by atoms with Gasteiger partial charge in [0.1, 0.15) is 0 Å². The van der Waals surface area contributed by atoms with Crippen molar-refractivity contribution in [2.24, 2.45) is 5.92 Å². The average Bonchev–Trinajstić information content (AvgIpc) is 3.02. The van der Waals surface area contributed by atoms with Crippen molar-refractivity contribution in [3.05, 3.63) is 29.8 Å². The average molecular weight is 248 g/mol. The second kappa shape index (κ2) is 3.39. The van der Waals surface area contributed by atoms with Gasteiger partial charge in [0.05, 0.1) is 28.8 Å². The summed E-state index contributed by atoms with van der Waals surface area (Å²) < 4.78 is 2.02. The Labute approximate surface area is 105 Å². The number of pyridine rings is 1. The summed E-state index contributed by atoms with van der Waals surface area (Å²) >= 11 is 6.19. The van der Waals surface area contributed by atoms with Gasteiger partial charge >= 0.3 is 0 Å². The van der Waals surface area contributed by atoms with Crippen molar-refractivity contribution in [2.75, 3.05) is 11.4 Å². The fraction of sp³-hybridized carbons (Fsp3) is 0.462. The summed E-state index contributed by atoms with van der Waals surface area (Å²) in [5.41, 5.74) is 2.42. The third kappa shape index (κ3) is 1.38. The number of aromatic nitrogens is 2. The second-order valence-electron chi connectivity index (χ2n) is 5.21. The van der Waals surface area contributed by atoms with Crippen LogP contribution in [0.3, 0.4) is 0 Å². The quantitative estimate of drug-likeness (QED) is 0.772. The molecule has 2 aromatic heterocycles. The standard InChI is InChI=1S/C13H14ClN3/c14-10-4-12(13-5-15-8-16(13)7-10)17-6-9-1-2-11(17)3-9/h4-5,7-9,11H,1-3,6H2. The molecule has 17 heavy (non-hydrogen) atoms. The van der Waals surface area contributed by atoms with Gasteiger partial charge in [-0.05, 0) is 31.2 Å². The molecule has 0 spiro atoms. The monoisotopic (exact) mass is 247 g/mol. The Morgan fingerprint density at radius 2 is 2.29 bits per heavy atom. The molecule has 2 fully saturated rings. The van der Waals surface area contributed by atoms with Gasteiger partial charge < -0.3 is 9.30 Å². The van der Waals surface area contributed by atoms with E-state index < -0.39 is 0 Å². The molecule has 2 aromatic rings. The molecule has 1 aliphatic carbocycles. The van der Waals surface area contributed by atoms with E-state index in [1.807, 2.05) is 23.1 Å². The van der Waals surface area contributed by atoms with Crippen molar-refractivity contribution in [2.45, 2.75) is 25.3 Å². The molecular formula is C13H14ClN3. The van der Waals surface area contributed by atoms with Crippen LogP contribution in [0.4, 0.5) is 5.69 Å². The minimum Gasteiger partial charge on any atom is -0.366 e. The van der Waals surface area contributed by atoms with Crippen molar-refractivity contribution in [3.63, 3.8) is 0 Å². The van der Waals surface area contributed by atoms with Crippen molar-refractivity contribution in [1.82, 2.24) is 9.38 Å². The number of anilines is 1. The first kappa shape index (κ1) is 9.77. The molecule has 2 bridgehead atoms. The Morgan fingerprint density at radius 3 is 3.06 bits per heavy atom. The molecule has 0 N–H and O–H groups in total. The zero-order chi connectivity index (χ0) is 11.4. The maximum atomic E-state index is 6.19. The molecule has 2 unspecified atom stereocenters. The van der Waals surface area contributed by atoms with Gasteiger partial charge in [0.2, 0.25) is 0 Å². The molecule has 1 aliphatic heterocycles. The Balaban J connectivity index is 1.87. The normalized spacial score (nSPS) is 27.2. The third-order valence-electron chi connectivity index (χ3n) is 4.18. The number of rotatable bonds is 1. The highest BCUT2D eigenvalue weighted by atomic mass is 35.5. The second-order valence-corrected chi connectivity index (χ2v) is 5.65. The first-order chi connectivity index (χ1) is 8.31. The van der Waals surface area contributed by atoms with Crippen LogP contribution in [-0.4, -0.2) is 22.0 Å². The van der Waals surface area contributed by atoms with Crippen LogP contribution in [0.5, 0.6) is 0 Å². The molecule has 2 aliphatic rings. The summed E-state index contributed by atoms with van der Waals surface area (Å²) in [7, 11) is 0. The lowest BCUT2D eigenvalue weighted by Gasteiger charge is -2.29. The largest absolute Gasteiger partial charge is 0.366 e. The van der Waals surface area contributed by atoms with E-state index in [9.17, 15) is 0 Å². The number of nitrogens with zero attached hydrogens (tertiary/aromatic N) is 3. The molecule has 3 heterocycles. The van der Waals surface area contributed by atoms with E-state index in [2.05, 4.69) is 16.0 Å². The Kier molecular flexibility index (Phi) is 1.95. The number of piperidine rings is 1. The lowest BCUT2D eigenvalue weighted by Crippen LogP contribution is -2.32. The fourth-order valence-electron chi connectivity index (χ4n) is 3.43. The predicted molar refractivity (Wildman–Crippen MR) is 68.7 cm³/mol. The molecular weight excluding hydrogens is 234 g/mol. The van der Waals surface area contributed by atoms with Gasteiger partial charge in [0, 0.05) is 18.8 Å². The van der Waals surface area contributed by atoms with Crippen LogP contribution >= 0.6 is 11.6 Å². The summed E-state index contributed by atoms with van der Waals surface area (Å²) in [4.78, 5) is 6.74. The topological polar surface area (TPSA) is 20.5 Å². The first-order valence-corrected chi connectivity index (χ1v) is 6.57. The van der Waals surface area contributed by atoms with Crippen molar-refractivity contribution in [1.29, 1.82) is 0 Å². The number of halogens is 1. The number of hydrogen-bond acceptors (Lipinski definition) is 2. The maximum absolute atomic E-state index is 6.19. The molecule has 0 amide bonds. The third-order valence-corrected chi connectivity index (χ3v) is 4.39. The van der Waals surface area contributed by atoms with Gasteiger partial charge in [-0.3, -0.25) is 0 Å². The SMILES string of the molecule is Clc1cc(N2CC3CCC2C3)c2cncn2c1. The first-order valence-electron chi connectivity index (χ1n) is 6.19. The minimum atomic E-state index is 0.720. The van der Waals surface area contributed by atoms with E-state index in [0.29, 0.717) is 0 Å². The Hall–Kier alpha value is -1.22. The number of imidazole rings is 1. The van der Waals surface area contributed by atoms with Crippen LogP contribution in [-0.2, 0) is 0 Å². The predicted octanol–water partition coefficient (Wildman–Crippen LogP) is 2.98. The maximum Gasteiger partial charge on any atom is 0.0993 e.